The molecule has 20 heavy (non-hydrogen) atoms. The van der Waals surface area contributed by atoms with Gasteiger partial charge in [0.25, 0.3) is 0 Å². The SMILES string of the molecule is CCCC(NCc1ccccc1OC)c1ccccc1. The second kappa shape index (κ2) is 7.71. The van der Waals surface area contributed by atoms with E-state index in [4.69, 9.17) is 4.74 Å². The highest BCUT2D eigenvalue weighted by Crippen LogP contribution is 2.21. The van der Waals surface area contributed by atoms with Crippen molar-refractivity contribution in [2.45, 2.75) is 32.4 Å². The number of methoxy groups -OCH3 is 1. The second-order valence-electron chi connectivity index (χ2n) is 4.94. The Morgan fingerprint density at radius 2 is 1.70 bits per heavy atom. The quantitative estimate of drug-likeness (QED) is 0.808. The van der Waals surface area contributed by atoms with Crippen LogP contribution in [0, 0.1) is 0 Å². The molecule has 0 saturated carbocycles. The standard InChI is InChI=1S/C18H23NO/c1-3-9-17(15-10-5-4-6-11-15)19-14-16-12-7-8-13-18(16)20-2/h4-8,10-13,17,19H,3,9,14H2,1-2H3. The largest absolute Gasteiger partial charge is 0.496 e. The number of hydrogen-bond donors (Lipinski definition) is 1. The molecule has 2 rings (SSSR count). The van der Waals surface area contributed by atoms with E-state index in [9.17, 15) is 0 Å². The van der Waals surface area contributed by atoms with Gasteiger partial charge in [0.2, 0.25) is 0 Å². The molecular formula is C18H23NO. The molecule has 106 valence electrons. The van der Waals surface area contributed by atoms with Gasteiger partial charge in [-0.15, -0.1) is 0 Å². The molecule has 2 aromatic rings. The maximum absolute atomic E-state index is 5.40. The van der Waals surface area contributed by atoms with Gasteiger partial charge in [-0.2, -0.15) is 0 Å². The minimum atomic E-state index is 0.395. The van der Waals surface area contributed by atoms with Crippen LogP contribution in [0.15, 0.2) is 54.6 Å². The van der Waals surface area contributed by atoms with Crippen LogP contribution in [0.4, 0.5) is 0 Å². The van der Waals surface area contributed by atoms with Gasteiger partial charge in [-0.1, -0.05) is 61.9 Å². The van der Waals surface area contributed by atoms with Crippen molar-refractivity contribution >= 4 is 0 Å². The third-order valence-corrected chi connectivity index (χ3v) is 3.51. The van der Waals surface area contributed by atoms with E-state index in [2.05, 4.69) is 54.7 Å². The van der Waals surface area contributed by atoms with E-state index in [1.165, 1.54) is 17.5 Å². The fourth-order valence-corrected chi connectivity index (χ4v) is 2.44. The molecule has 1 unspecified atom stereocenters. The summed E-state index contributed by atoms with van der Waals surface area (Å²) >= 11 is 0. The van der Waals surface area contributed by atoms with E-state index in [0.717, 1.165) is 18.7 Å². The lowest BCUT2D eigenvalue weighted by Gasteiger charge is -2.19. The van der Waals surface area contributed by atoms with Crippen LogP contribution < -0.4 is 10.1 Å². The van der Waals surface area contributed by atoms with Crippen molar-refractivity contribution in [2.24, 2.45) is 0 Å². The summed E-state index contributed by atoms with van der Waals surface area (Å²) in [4.78, 5) is 0. The van der Waals surface area contributed by atoms with Crippen molar-refractivity contribution in [3.8, 4) is 5.75 Å². The minimum Gasteiger partial charge on any atom is -0.496 e. The molecule has 2 heteroatoms. The lowest BCUT2D eigenvalue weighted by molar-refractivity contribution is 0.403. The molecule has 0 aliphatic rings. The summed E-state index contributed by atoms with van der Waals surface area (Å²) in [6.45, 7) is 3.05. The molecule has 2 nitrogen and oxygen atoms in total. The highest BCUT2D eigenvalue weighted by atomic mass is 16.5. The van der Waals surface area contributed by atoms with Gasteiger partial charge in [0, 0.05) is 18.2 Å². The molecule has 1 N–H and O–H groups in total. The molecule has 0 amide bonds. The first-order valence-corrected chi connectivity index (χ1v) is 7.25. The fourth-order valence-electron chi connectivity index (χ4n) is 2.44. The van der Waals surface area contributed by atoms with Crippen LogP contribution in [-0.2, 0) is 6.54 Å². The molecule has 0 aliphatic heterocycles. The van der Waals surface area contributed by atoms with Crippen LogP contribution in [0.1, 0.15) is 36.9 Å². The Labute approximate surface area is 121 Å². The van der Waals surface area contributed by atoms with Crippen molar-refractivity contribution in [2.75, 3.05) is 7.11 Å². The zero-order chi connectivity index (χ0) is 14.2. The zero-order valence-corrected chi connectivity index (χ0v) is 12.3. The summed E-state index contributed by atoms with van der Waals surface area (Å²) in [5, 5.41) is 3.65. The molecule has 0 fully saturated rings. The van der Waals surface area contributed by atoms with Crippen molar-refractivity contribution in [3.05, 3.63) is 65.7 Å². The minimum absolute atomic E-state index is 0.395. The van der Waals surface area contributed by atoms with Crippen LogP contribution in [0.2, 0.25) is 0 Å². The van der Waals surface area contributed by atoms with Crippen molar-refractivity contribution in [1.82, 2.24) is 5.32 Å². The van der Waals surface area contributed by atoms with E-state index >= 15 is 0 Å². The number of hydrogen-bond acceptors (Lipinski definition) is 2. The van der Waals surface area contributed by atoms with E-state index in [1.54, 1.807) is 7.11 Å². The van der Waals surface area contributed by atoms with E-state index < -0.39 is 0 Å². The van der Waals surface area contributed by atoms with Crippen molar-refractivity contribution in [1.29, 1.82) is 0 Å². The van der Waals surface area contributed by atoms with Crippen LogP contribution in [0.5, 0.6) is 5.75 Å². The maximum atomic E-state index is 5.40. The lowest BCUT2D eigenvalue weighted by Crippen LogP contribution is -2.21. The molecular weight excluding hydrogens is 246 g/mol. The van der Waals surface area contributed by atoms with Gasteiger partial charge >= 0.3 is 0 Å². The molecule has 0 heterocycles. The van der Waals surface area contributed by atoms with Crippen LogP contribution >= 0.6 is 0 Å². The van der Waals surface area contributed by atoms with Gasteiger partial charge in [-0.05, 0) is 18.1 Å². The average molecular weight is 269 g/mol. The molecule has 0 saturated heterocycles. The molecule has 0 aromatic heterocycles. The van der Waals surface area contributed by atoms with Crippen molar-refractivity contribution < 1.29 is 4.74 Å². The smallest absolute Gasteiger partial charge is 0.123 e. The highest BCUT2D eigenvalue weighted by molar-refractivity contribution is 5.33. The highest BCUT2D eigenvalue weighted by Gasteiger charge is 2.10. The topological polar surface area (TPSA) is 21.3 Å². The molecule has 1 atom stereocenters. The normalized spacial score (nSPS) is 12.1. The molecule has 2 aromatic carbocycles. The number of rotatable bonds is 7. The van der Waals surface area contributed by atoms with E-state index in [-0.39, 0.29) is 0 Å². The summed E-state index contributed by atoms with van der Waals surface area (Å²) in [5.41, 5.74) is 2.55. The Morgan fingerprint density at radius 3 is 2.40 bits per heavy atom. The molecule has 0 spiro atoms. The third-order valence-electron chi connectivity index (χ3n) is 3.51. The van der Waals surface area contributed by atoms with Gasteiger partial charge in [-0.25, -0.2) is 0 Å². The first kappa shape index (κ1) is 14.6. The van der Waals surface area contributed by atoms with Gasteiger partial charge in [0.05, 0.1) is 7.11 Å². The summed E-state index contributed by atoms with van der Waals surface area (Å²) in [7, 11) is 1.72. The van der Waals surface area contributed by atoms with Gasteiger partial charge in [0.1, 0.15) is 5.75 Å². The molecule has 0 bridgehead atoms. The van der Waals surface area contributed by atoms with Crippen molar-refractivity contribution in [3.63, 3.8) is 0 Å². The Bertz CT molecular complexity index is 510. The predicted molar refractivity (Wildman–Crippen MR) is 83.9 cm³/mol. The van der Waals surface area contributed by atoms with Gasteiger partial charge < -0.3 is 10.1 Å². The number of benzene rings is 2. The van der Waals surface area contributed by atoms with E-state index in [0.29, 0.717) is 6.04 Å². The Morgan fingerprint density at radius 1 is 1.00 bits per heavy atom. The zero-order valence-electron chi connectivity index (χ0n) is 12.3. The number of nitrogens with one attached hydrogen (secondary N) is 1. The summed E-state index contributed by atoms with van der Waals surface area (Å²) in [6.07, 6.45) is 2.30. The summed E-state index contributed by atoms with van der Waals surface area (Å²) in [6, 6.07) is 19.2. The molecule has 0 radical (unpaired) electrons. The van der Waals surface area contributed by atoms with Gasteiger partial charge in [0.15, 0.2) is 0 Å². The predicted octanol–water partition coefficient (Wildman–Crippen LogP) is 4.33. The Balaban J connectivity index is 2.06. The first-order valence-electron chi connectivity index (χ1n) is 7.25. The third kappa shape index (κ3) is 3.84. The second-order valence-corrected chi connectivity index (χ2v) is 4.94. The van der Waals surface area contributed by atoms with E-state index in [1.807, 2.05) is 12.1 Å². The summed E-state index contributed by atoms with van der Waals surface area (Å²) in [5.74, 6) is 0.948. The Kier molecular flexibility index (Phi) is 5.63. The summed E-state index contributed by atoms with van der Waals surface area (Å²) < 4.78 is 5.40. The van der Waals surface area contributed by atoms with Crippen LogP contribution in [0.25, 0.3) is 0 Å². The number of para-hydroxylation sites is 1. The number of ether oxygens (including phenoxy) is 1. The first-order chi connectivity index (χ1) is 9.85. The average Bonchev–Trinajstić information content (AvgIpc) is 2.52. The molecule has 0 aliphatic carbocycles. The Hall–Kier alpha value is -1.80. The van der Waals surface area contributed by atoms with Gasteiger partial charge in [-0.3, -0.25) is 0 Å². The lowest BCUT2D eigenvalue weighted by atomic mass is 10.0. The van der Waals surface area contributed by atoms with Crippen LogP contribution in [0.3, 0.4) is 0 Å². The maximum Gasteiger partial charge on any atom is 0.123 e. The fraction of sp³-hybridized carbons (Fsp3) is 0.333. The monoisotopic (exact) mass is 269 g/mol. The van der Waals surface area contributed by atoms with Crippen LogP contribution in [-0.4, -0.2) is 7.11 Å².